The predicted octanol–water partition coefficient (Wildman–Crippen LogP) is 3.99. The van der Waals surface area contributed by atoms with Crippen LogP contribution in [0, 0.1) is 22.2 Å². The Bertz CT molecular complexity index is 752. The van der Waals surface area contributed by atoms with E-state index in [0.717, 1.165) is 38.0 Å². The first-order valence-corrected chi connectivity index (χ1v) is 10.9. The van der Waals surface area contributed by atoms with Crippen molar-refractivity contribution in [3.8, 4) is 6.07 Å². The van der Waals surface area contributed by atoms with Gasteiger partial charge in [-0.2, -0.15) is 5.26 Å². The molecule has 6 heteroatoms. The molecule has 1 aromatic rings. The largest absolute Gasteiger partial charge is 0.299 e. The number of piperidine rings is 1. The number of benzene rings is 1. The van der Waals surface area contributed by atoms with Crippen molar-refractivity contribution < 1.29 is 8.42 Å². The van der Waals surface area contributed by atoms with Gasteiger partial charge in [0.25, 0.3) is 0 Å². The van der Waals surface area contributed by atoms with Gasteiger partial charge in [0.15, 0.2) is 0 Å². The summed E-state index contributed by atoms with van der Waals surface area (Å²) in [5, 5.41) is 9.27. The summed E-state index contributed by atoms with van der Waals surface area (Å²) in [5.41, 5.74) is 1.92. The Kier molecular flexibility index (Phi) is 6.36. The fourth-order valence-electron chi connectivity index (χ4n) is 3.73. The van der Waals surface area contributed by atoms with Gasteiger partial charge < -0.3 is 0 Å². The highest BCUT2D eigenvalue weighted by Crippen LogP contribution is 2.49. The Morgan fingerprint density at radius 3 is 2.46 bits per heavy atom. The second-order valence-corrected chi connectivity index (χ2v) is 10.4. The van der Waals surface area contributed by atoms with Crippen LogP contribution in [-0.4, -0.2) is 32.2 Å². The van der Waals surface area contributed by atoms with Crippen LogP contribution >= 0.6 is 0 Å². The molecular weight excluding hydrogens is 346 g/mol. The van der Waals surface area contributed by atoms with Gasteiger partial charge in [-0.3, -0.25) is 9.62 Å². The minimum absolute atomic E-state index is 0.0666. The SMILES string of the molecule is CCS(=O)(=O)Nc1cccc(CN2CCC(CC#N)(C(C)(C)C)CC2)c1. The van der Waals surface area contributed by atoms with Gasteiger partial charge in [-0.05, 0) is 61.4 Å². The first-order chi connectivity index (χ1) is 12.1. The van der Waals surface area contributed by atoms with Crippen molar-refractivity contribution in [1.29, 1.82) is 5.26 Å². The van der Waals surface area contributed by atoms with Crippen LogP contribution in [-0.2, 0) is 16.6 Å². The van der Waals surface area contributed by atoms with Crippen molar-refractivity contribution in [3.63, 3.8) is 0 Å². The maximum absolute atomic E-state index is 11.7. The normalized spacial score (nSPS) is 18.3. The van der Waals surface area contributed by atoms with E-state index in [4.69, 9.17) is 0 Å². The number of sulfonamides is 1. The Morgan fingerprint density at radius 1 is 1.27 bits per heavy atom. The van der Waals surface area contributed by atoms with Crippen molar-refractivity contribution in [1.82, 2.24) is 4.90 Å². The van der Waals surface area contributed by atoms with Crippen LogP contribution in [0.1, 0.15) is 52.5 Å². The lowest BCUT2D eigenvalue weighted by atomic mass is 9.60. The molecule has 0 aliphatic carbocycles. The molecule has 1 heterocycles. The monoisotopic (exact) mass is 377 g/mol. The lowest BCUT2D eigenvalue weighted by molar-refractivity contribution is 0.00711. The van der Waals surface area contributed by atoms with E-state index in [-0.39, 0.29) is 16.6 Å². The van der Waals surface area contributed by atoms with Crippen LogP contribution in [0.2, 0.25) is 0 Å². The summed E-state index contributed by atoms with van der Waals surface area (Å²) >= 11 is 0. The summed E-state index contributed by atoms with van der Waals surface area (Å²) < 4.78 is 26.1. The third-order valence-electron chi connectivity index (χ3n) is 5.81. The lowest BCUT2D eigenvalue weighted by Gasteiger charge is -2.49. The number of nitrogens with zero attached hydrogens (tertiary/aromatic N) is 2. The zero-order valence-corrected chi connectivity index (χ0v) is 17.2. The average Bonchev–Trinajstić information content (AvgIpc) is 2.56. The summed E-state index contributed by atoms with van der Waals surface area (Å²) in [6.07, 6.45) is 2.65. The molecule has 0 aromatic heterocycles. The van der Waals surface area contributed by atoms with E-state index >= 15 is 0 Å². The molecule has 144 valence electrons. The Labute approximate surface area is 158 Å². The van der Waals surface area contributed by atoms with E-state index in [9.17, 15) is 13.7 Å². The summed E-state index contributed by atoms with van der Waals surface area (Å²) in [5.74, 6) is 0.0666. The third-order valence-corrected chi connectivity index (χ3v) is 7.11. The number of hydrogen-bond acceptors (Lipinski definition) is 4. The zero-order chi connectivity index (χ0) is 19.4. The molecule has 0 spiro atoms. The van der Waals surface area contributed by atoms with Crippen LogP contribution in [0.25, 0.3) is 0 Å². The van der Waals surface area contributed by atoms with E-state index in [1.807, 2.05) is 18.2 Å². The smallest absolute Gasteiger partial charge is 0.232 e. The van der Waals surface area contributed by atoms with Crippen molar-refractivity contribution in [2.45, 2.75) is 53.5 Å². The minimum atomic E-state index is -3.25. The fourth-order valence-corrected chi connectivity index (χ4v) is 4.36. The average molecular weight is 378 g/mol. The van der Waals surface area contributed by atoms with E-state index < -0.39 is 10.0 Å². The second kappa shape index (κ2) is 7.98. The van der Waals surface area contributed by atoms with Gasteiger partial charge in [0.05, 0.1) is 11.8 Å². The molecule has 0 radical (unpaired) electrons. The van der Waals surface area contributed by atoms with Gasteiger partial charge in [0.1, 0.15) is 0 Å². The molecule has 1 aromatic carbocycles. The second-order valence-electron chi connectivity index (χ2n) is 8.35. The Morgan fingerprint density at radius 2 is 1.92 bits per heavy atom. The quantitative estimate of drug-likeness (QED) is 0.813. The van der Waals surface area contributed by atoms with Gasteiger partial charge in [0.2, 0.25) is 10.0 Å². The summed E-state index contributed by atoms with van der Waals surface area (Å²) in [7, 11) is -3.25. The number of nitrogens with one attached hydrogen (secondary N) is 1. The maximum Gasteiger partial charge on any atom is 0.232 e. The van der Waals surface area contributed by atoms with Crippen LogP contribution in [0.15, 0.2) is 24.3 Å². The highest BCUT2D eigenvalue weighted by Gasteiger charge is 2.43. The van der Waals surface area contributed by atoms with Crippen LogP contribution in [0.4, 0.5) is 5.69 Å². The molecule has 0 bridgehead atoms. The molecule has 1 saturated heterocycles. The van der Waals surface area contributed by atoms with Crippen molar-refractivity contribution in [2.24, 2.45) is 10.8 Å². The third kappa shape index (κ3) is 4.99. The van der Waals surface area contributed by atoms with Gasteiger partial charge in [-0.25, -0.2) is 8.42 Å². The molecule has 1 N–H and O–H groups in total. The lowest BCUT2D eigenvalue weighted by Crippen LogP contribution is -2.46. The van der Waals surface area contributed by atoms with Crippen LogP contribution < -0.4 is 4.72 Å². The van der Waals surface area contributed by atoms with Crippen molar-refractivity contribution in [3.05, 3.63) is 29.8 Å². The number of nitriles is 1. The number of rotatable bonds is 6. The maximum atomic E-state index is 11.7. The van der Waals surface area contributed by atoms with E-state index in [2.05, 4.69) is 36.5 Å². The molecular formula is C20H31N3O2S. The number of anilines is 1. The molecule has 1 aliphatic rings. The van der Waals surface area contributed by atoms with E-state index in [0.29, 0.717) is 12.1 Å². The standard InChI is InChI=1S/C20H31N3O2S/c1-5-26(24,25)22-18-8-6-7-17(15-18)16-23-13-10-20(9-12-21,11-14-23)19(2,3)4/h6-8,15,22H,5,9-11,13-14,16H2,1-4H3. The number of hydrogen-bond donors (Lipinski definition) is 1. The molecule has 0 amide bonds. The molecule has 26 heavy (non-hydrogen) atoms. The first-order valence-electron chi connectivity index (χ1n) is 9.29. The van der Waals surface area contributed by atoms with E-state index in [1.165, 1.54) is 0 Å². The minimum Gasteiger partial charge on any atom is -0.299 e. The molecule has 1 fully saturated rings. The summed E-state index contributed by atoms with van der Waals surface area (Å²) in [6, 6.07) is 10.0. The zero-order valence-electron chi connectivity index (χ0n) is 16.4. The highest BCUT2D eigenvalue weighted by molar-refractivity contribution is 7.92. The summed E-state index contributed by atoms with van der Waals surface area (Å²) in [4.78, 5) is 2.40. The Balaban J connectivity index is 2.03. The highest BCUT2D eigenvalue weighted by atomic mass is 32.2. The molecule has 0 unspecified atom stereocenters. The van der Waals surface area contributed by atoms with Crippen molar-refractivity contribution >= 4 is 15.7 Å². The van der Waals surface area contributed by atoms with Crippen molar-refractivity contribution in [2.75, 3.05) is 23.6 Å². The Hall–Kier alpha value is -1.58. The molecule has 1 aliphatic heterocycles. The predicted molar refractivity (Wildman–Crippen MR) is 106 cm³/mol. The van der Waals surface area contributed by atoms with Crippen LogP contribution in [0.5, 0.6) is 0 Å². The van der Waals surface area contributed by atoms with Gasteiger partial charge in [-0.15, -0.1) is 0 Å². The van der Waals surface area contributed by atoms with Crippen LogP contribution in [0.3, 0.4) is 0 Å². The topological polar surface area (TPSA) is 73.2 Å². The van der Waals surface area contributed by atoms with Gasteiger partial charge >= 0.3 is 0 Å². The summed E-state index contributed by atoms with van der Waals surface area (Å²) in [6.45, 7) is 11.1. The molecule has 5 nitrogen and oxygen atoms in total. The molecule has 0 saturated carbocycles. The van der Waals surface area contributed by atoms with Gasteiger partial charge in [-0.1, -0.05) is 32.9 Å². The first kappa shape index (κ1) is 20.7. The van der Waals surface area contributed by atoms with E-state index in [1.54, 1.807) is 13.0 Å². The number of likely N-dealkylation sites (tertiary alicyclic amines) is 1. The van der Waals surface area contributed by atoms with Gasteiger partial charge in [0, 0.05) is 18.7 Å². The molecule has 2 rings (SSSR count). The molecule has 0 atom stereocenters. The fraction of sp³-hybridized carbons (Fsp3) is 0.650.